The molecule has 0 unspecified atom stereocenters. The lowest BCUT2D eigenvalue weighted by Crippen LogP contribution is -2.42. The van der Waals surface area contributed by atoms with Crippen LogP contribution in [0.1, 0.15) is 18.5 Å². The van der Waals surface area contributed by atoms with Crippen LogP contribution in [0.5, 0.6) is 5.75 Å². The molecule has 7 heteroatoms. The average Bonchev–Trinajstić information content (AvgIpc) is 2.38. The lowest BCUT2D eigenvalue weighted by Gasteiger charge is -2.22. The standard InChI is InChI=1S/C12H14F3NO3/c1-3-19-11(17)12(14,15)10(16)7-5-4-6-8(18-2)9(7)13/h4-6,10H,3,16H2,1-2H3/t10-/m0/s1. The monoisotopic (exact) mass is 277 g/mol. The zero-order chi connectivity index (χ0) is 14.6. The molecule has 0 spiro atoms. The van der Waals surface area contributed by atoms with Crippen LogP contribution in [0.15, 0.2) is 18.2 Å². The summed E-state index contributed by atoms with van der Waals surface area (Å²) in [4.78, 5) is 11.1. The van der Waals surface area contributed by atoms with E-state index >= 15 is 0 Å². The minimum absolute atomic E-state index is 0.220. The Morgan fingerprint density at radius 1 is 1.47 bits per heavy atom. The molecule has 0 aliphatic carbocycles. The average molecular weight is 277 g/mol. The molecule has 106 valence electrons. The SMILES string of the molecule is CCOC(=O)C(F)(F)[C@@H](N)c1cccc(OC)c1F. The van der Waals surface area contributed by atoms with E-state index in [1.807, 2.05) is 0 Å². The van der Waals surface area contributed by atoms with Crippen molar-refractivity contribution < 1.29 is 27.4 Å². The summed E-state index contributed by atoms with van der Waals surface area (Å²) in [6, 6.07) is 1.48. The van der Waals surface area contributed by atoms with Crippen LogP contribution in [0, 0.1) is 5.82 Å². The number of methoxy groups -OCH3 is 1. The van der Waals surface area contributed by atoms with Crippen molar-refractivity contribution in [3.63, 3.8) is 0 Å². The molecule has 0 fully saturated rings. The molecule has 19 heavy (non-hydrogen) atoms. The molecule has 1 aromatic rings. The van der Waals surface area contributed by atoms with Gasteiger partial charge in [0.05, 0.1) is 13.7 Å². The first kappa shape index (κ1) is 15.3. The Kier molecular flexibility index (Phi) is 4.77. The van der Waals surface area contributed by atoms with Crippen LogP contribution < -0.4 is 10.5 Å². The molecule has 0 amide bonds. The van der Waals surface area contributed by atoms with Crippen molar-refractivity contribution in [3.8, 4) is 5.75 Å². The summed E-state index contributed by atoms with van der Waals surface area (Å²) in [6.45, 7) is 1.16. The van der Waals surface area contributed by atoms with Gasteiger partial charge in [0.2, 0.25) is 0 Å². The van der Waals surface area contributed by atoms with Crippen molar-refractivity contribution in [2.75, 3.05) is 13.7 Å². The zero-order valence-corrected chi connectivity index (χ0v) is 10.5. The van der Waals surface area contributed by atoms with Crippen LogP contribution in [-0.2, 0) is 9.53 Å². The second kappa shape index (κ2) is 5.92. The highest BCUT2D eigenvalue weighted by Crippen LogP contribution is 2.34. The smallest absolute Gasteiger partial charge is 0.379 e. The molecule has 0 heterocycles. The first-order chi connectivity index (χ1) is 8.86. The van der Waals surface area contributed by atoms with Gasteiger partial charge in [0.25, 0.3) is 0 Å². The van der Waals surface area contributed by atoms with E-state index in [0.29, 0.717) is 0 Å². The maximum Gasteiger partial charge on any atom is 0.379 e. The van der Waals surface area contributed by atoms with Crippen molar-refractivity contribution >= 4 is 5.97 Å². The predicted octanol–water partition coefficient (Wildman–Crippen LogP) is 2.03. The normalized spacial score (nSPS) is 12.9. The number of halogens is 3. The molecule has 0 aliphatic rings. The third-order valence-corrected chi connectivity index (χ3v) is 2.49. The Morgan fingerprint density at radius 2 is 2.11 bits per heavy atom. The molecule has 1 rings (SSSR count). The Hall–Kier alpha value is -1.76. The first-order valence-electron chi connectivity index (χ1n) is 5.49. The molecule has 0 saturated heterocycles. The first-order valence-corrected chi connectivity index (χ1v) is 5.49. The summed E-state index contributed by atoms with van der Waals surface area (Å²) < 4.78 is 50.1. The van der Waals surface area contributed by atoms with E-state index in [9.17, 15) is 18.0 Å². The summed E-state index contributed by atoms with van der Waals surface area (Å²) in [5, 5.41) is 0. The fourth-order valence-electron chi connectivity index (χ4n) is 1.48. The van der Waals surface area contributed by atoms with E-state index < -0.39 is 29.3 Å². The van der Waals surface area contributed by atoms with Crippen LogP contribution >= 0.6 is 0 Å². The van der Waals surface area contributed by atoms with Gasteiger partial charge in [0.15, 0.2) is 11.6 Å². The Labute approximate surface area is 108 Å². The zero-order valence-electron chi connectivity index (χ0n) is 10.5. The maximum absolute atomic E-state index is 13.8. The van der Waals surface area contributed by atoms with Gasteiger partial charge in [0.1, 0.15) is 6.04 Å². The second-order valence-electron chi connectivity index (χ2n) is 3.68. The quantitative estimate of drug-likeness (QED) is 0.836. The minimum Gasteiger partial charge on any atom is -0.494 e. The van der Waals surface area contributed by atoms with Gasteiger partial charge in [-0.1, -0.05) is 12.1 Å². The predicted molar refractivity (Wildman–Crippen MR) is 61.5 cm³/mol. The van der Waals surface area contributed by atoms with Gasteiger partial charge in [-0.25, -0.2) is 9.18 Å². The maximum atomic E-state index is 13.8. The van der Waals surface area contributed by atoms with E-state index in [0.717, 1.165) is 6.07 Å². The number of rotatable bonds is 5. The van der Waals surface area contributed by atoms with Gasteiger partial charge in [-0.05, 0) is 13.0 Å². The van der Waals surface area contributed by atoms with Crippen molar-refractivity contribution in [3.05, 3.63) is 29.6 Å². The van der Waals surface area contributed by atoms with Crippen LogP contribution in [-0.4, -0.2) is 25.6 Å². The summed E-state index contributed by atoms with van der Waals surface area (Å²) in [7, 11) is 1.19. The van der Waals surface area contributed by atoms with Gasteiger partial charge in [-0.2, -0.15) is 8.78 Å². The number of alkyl halides is 2. The second-order valence-corrected chi connectivity index (χ2v) is 3.68. The van der Waals surface area contributed by atoms with Crippen LogP contribution in [0.25, 0.3) is 0 Å². The van der Waals surface area contributed by atoms with E-state index in [2.05, 4.69) is 9.47 Å². The molecule has 0 radical (unpaired) electrons. The molecule has 0 bridgehead atoms. The van der Waals surface area contributed by atoms with E-state index in [-0.39, 0.29) is 12.4 Å². The third-order valence-electron chi connectivity index (χ3n) is 2.49. The van der Waals surface area contributed by atoms with Gasteiger partial charge >= 0.3 is 11.9 Å². The largest absolute Gasteiger partial charge is 0.494 e. The van der Waals surface area contributed by atoms with E-state index in [1.54, 1.807) is 0 Å². The van der Waals surface area contributed by atoms with Crippen LogP contribution in [0.4, 0.5) is 13.2 Å². The fourth-order valence-corrected chi connectivity index (χ4v) is 1.48. The third kappa shape index (κ3) is 2.98. The van der Waals surface area contributed by atoms with E-state index in [4.69, 9.17) is 5.73 Å². The topological polar surface area (TPSA) is 61.5 Å². The van der Waals surface area contributed by atoms with Gasteiger partial charge < -0.3 is 15.2 Å². The number of hydrogen-bond acceptors (Lipinski definition) is 4. The number of esters is 1. The summed E-state index contributed by atoms with van der Waals surface area (Å²) in [5.74, 6) is -7.07. The highest BCUT2D eigenvalue weighted by Gasteiger charge is 2.48. The summed E-state index contributed by atoms with van der Waals surface area (Å²) in [5.41, 5.74) is 4.77. The molecule has 2 N–H and O–H groups in total. The van der Waals surface area contributed by atoms with Crippen molar-refractivity contribution in [2.24, 2.45) is 5.73 Å². The van der Waals surface area contributed by atoms with Crippen LogP contribution in [0.2, 0.25) is 0 Å². The Balaban J connectivity index is 3.12. The van der Waals surface area contributed by atoms with Gasteiger partial charge in [-0.3, -0.25) is 0 Å². The number of ether oxygens (including phenoxy) is 2. The minimum atomic E-state index is -4.02. The number of hydrogen-bond donors (Lipinski definition) is 1. The van der Waals surface area contributed by atoms with Crippen molar-refractivity contribution in [1.82, 2.24) is 0 Å². The Morgan fingerprint density at radius 3 is 2.63 bits per heavy atom. The molecule has 0 aliphatic heterocycles. The molecule has 0 aromatic heterocycles. The molecule has 1 aromatic carbocycles. The number of nitrogens with two attached hydrogens (primary N) is 1. The molecule has 1 atom stereocenters. The molecule has 4 nitrogen and oxygen atoms in total. The van der Waals surface area contributed by atoms with E-state index in [1.165, 1.54) is 26.2 Å². The van der Waals surface area contributed by atoms with Crippen LogP contribution in [0.3, 0.4) is 0 Å². The van der Waals surface area contributed by atoms with Gasteiger partial charge in [0, 0.05) is 5.56 Å². The Bertz CT molecular complexity index is 466. The highest BCUT2D eigenvalue weighted by molar-refractivity contribution is 5.79. The lowest BCUT2D eigenvalue weighted by atomic mass is 10.0. The summed E-state index contributed by atoms with van der Waals surface area (Å²) >= 11 is 0. The molecular formula is C12H14F3NO3. The number of carbonyl (C=O) groups excluding carboxylic acids is 1. The van der Waals surface area contributed by atoms with Crippen molar-refractivity contribution in [1.29, 1.82) is 0 Å². The number of benzene rings is 1. The molecule has 0 saturated carbocycles. The summed E-state index contributed by atoms with van der Waals surface area (Å²) in [6.07, 6.45) is 0. The lowest BCUT2D eigenvalue weighted by molar-refractivity contribution is -0.174. The fraction of sp³-hybridized carbons (Fsp3) is 0.417. The molecular weight excluding hydrogens is 263 g/mol. The number of carbonyl (C=O) groups is 1. The van der Waals surface area contributed by atoms with Gasteiger partial charge in [-0.15, -0.1) is 0 Å². The van der Waals surface area contributed by atoms with Crippen molar-refractivity contribution in [2.45, 2.75) is 18.9 Å². The highest BCUT2D eigenvalue weighted by atomic mass is 19.3.